The van der Waals surface area contributed by atoms with Crippen LogP contribution in [-0.4, -0.2) is 37.8 Å². The molecule has 0 unspecified atom stereocenters. The smallest absolute Gasteiger partial charge is 0.105 e. The van der Waals surface area contributed by atoms with E-state index in [1.807, 2.05) is 12.3 Å². The van der Waals surface area contributed by atoms with Crippen molar-refractivity contribution in [3.63, 3.8) is 0 Å². The summed E-state index contributed by atoms with van der Waals surface area (Å²) in [6, 6.07) is 10.4. The molecule has 0 radical (unpaired) electrons. The highest BCUT2D eigenvalue weighted by atomic mass is 32.1. The van der Waals surface area contributed by atoms with Crippen molar-refractivity contribution in [1.29, 1.82) is 0 Å². The number of benzene rings is 1. The molecule has 4 rings (SSSR count). The Morgan fingerprint density at radius 2 is 2.12 bits per heavy atom. The maximum Gasteiger partial charge on any atom is 0.105 e. The number of hydrogen-bond acceptors (Lipinski definition) is 6. The fourth-order valence-corrected chi connectivity index (χ4v) is 3.69. The van der Waals surface area contributed by atoms with E-state index in [2.05, 4.69) is 42.9 Å². The number of pyridine rings is 1. The van der Waals surface area contributed by atoms with E-state index in [-0.39, 0.29) is 0 Å². The molecule has 24 heavy (non-hydrogen) atoms. The molecule has 0 amide bonds. The fraction of sp³-hybridized carbons (Fsp3) is 0.389. The minimum atomic E-state index is 0.295. The number of aromatic nitrogens is 3. The molecule has 0 spiro atoms. The summed E-state index contributed by atoms with van der Waals surface area (Å²) < 4.78 is 14.7. The van der Waals surface area contributed by atoms with Crippen LogP contribution in [0.1, 0.15) is 24.0 Å². The van der Waals surface area contributed by atoms with Crippen molar-refractivity contribution in [2.75, 3.05) is 13.1 Å². The first kappa shape index (κ1) is 15.6. The Bertz CT molecular complexity index is 792. The molecule has 2 aromatic heterocycles. The Hall–Kier alpha value is -1.89. The van der Waals surface area contributed by atoms with Crippen LogP contribution < -0.4 is 0 Å². The zero-order chi connectivity index (χ0) is 16.2. The molecule has 124 valence electrons. The molecule has 1 aliphatic rings. The molecule has 6 heteroatoms. The number of rotatable bonds is 5. The van der Waals surface area contributed by atoms with Crippen molar-refractivity contribution >= 4 is 22.8 Å². The lowest BCUT2D eigenvalue weighted by molar-refractivity contribution is -0.0121. The molecule has 3 heterocycles. The monoisotopic (exact) mass is 340 g/mol. The SMILES string of the molecule is c1cncc(CO[C@@H]2CCCN(Cc3ccc4nsnc4c3)C2)c1. The van der Waals surface area contributed by atoms with Gasteiger partial charge in [-0.3, -0.25) is 9.88 Å². The Balaban J connectivity index is 1.34. The molecule has 0 saturated carbocycles. The summed E-state index contributed by atoms with van der Waals surface area (Å²) in [5.41, 5.74) is 4.41. The van der Waals surface area contributed by atoms with Gasteiger partial charge in [0.2, 0.25) is 0 Å². The van der Waals surface area contributed by atoms with Crippen LogP contribution in [0.5, 0.6) is 0 Å². The number of likely N-dealkylation sites (tertiary alicyclic amines) is 1. The van der Waals surface area contributed by atoms with Gasteiger partial charge in [-0.1, -0.05) is 12.1 Å². The summed E-state index contributed by atoms with van der Waals surface area (Å²) in [6.45, 7) is 3.69. The van der Waals surface area contributed by atoms with E-state index in [1.165, 1.54) is 23.7 Å². The summed E-state index contributed by atoms with van der Waals surface area (Å²) in [5, 5.41) is 0. The Morgan fingerprint density at radius 3 is 3.04 bits per heavy atom. The zero-order valence-electron chi connectivity index (χ0n) is 13.5. The maximum atomic E-state index is 6.09. The third-order valence-corrected chi connectivity index (χ3v) is 4.95. The Labute approximate surface area is 145 Å². The quantitative estimate of drug-likeness (QED) is 0.713. The molecule has 5 nitrogen and oxygen atoms in total. The number of fused-ring (bicyclic) bond motifs is 1. The highest BCUT2D eigenvalue weighted by Gasteiger charge is 2.20. The van der Waals surface area contributed by atoms with Crippen LogP contribution in [0.3, 0.4) is 0 Å². The van der Waals surface area contributed by atoms with Crippen molar-refractivity contribution in [2.24, 2.45) is 0 Å². The van der Waals surface area contributed by atoms with Gasteiger partial charge in [0.1, 0.15) is 11.0 Å². The molecule has 1 atom stereocenters. The summed E-state index contributed by atoms with van der Waals surface area (Å²) >= 11 is 1.27. The average Bonchev–Trinajstić information content (AvgIpc) is 3.09. The normalized spacial score (nSPS) is 18.9. The molecular formula is C18H20N4OS. The van der Waals surface area contributed by atoms with Crippen molar-refractivity contribution < 1.29 is 4.74 Å². The first-order valence-corrected chi connectivity index (χ1v) is 9.04. The van der Waals surface area contributed by atoms with E-state index in [1.54, 1.807) is 6.20 Å². The van der Waals surface area contributed by atoms with Crippen LogP contribution in [-0.2, 0) is 17.9 Å². The number of nitrogens with zero attached hydrogens (tertiary/aromatic N) is 4. The van der Waals surface area contributed by atoms with Crippen molar-refractivity contribution in [1.82, 2.24) is 18.6 Å². The van der Waals surface area contributed by atoms with Gasteiger partial charge in [-0.05, 0) is 48.7 Å². The maximum absolute atomic E-state index is 6.09. The standard InChI is InChI=1S/C18H20N4OS/c1-3-15(10-19-7-1)13-23-16-4-2-8-22(12-16)11-14-5-6-17-18(9-14)21-24-20-17/h1,3,5-7,9-10,16H,2,4,8,11-13H2/t16-/m1/s1. The largest absolute Gasteiger partial charge is 0.372 e. The molecule has 3 aromatic rings. The Morgan fingerprint density at radius 1 is 1.17 bits per heavy atom. The fourth-order valence-electron chi connectivity index (χ4n) is 3.17. The van der Waals surface area contributed by atoms with Crippen molar-refractivity contribution in [2.45, 2.75) is 32.1 Å². The van der Waals surface area contributed by atoms with Gasteiger partial charge in [0, 0.05) is 25.5 Å². The molecular weight excluding hydrogens is 320 g/mol. The minimum Gasteiger partial charge on any atom is -0.372 e. The molecule has 0 aliphatic carbocycles. The lowest BCUT2D eigenvalue weighted by Gasteiger charge is -2.32. The van der Waals surface area contributed by atoms with Gasteiger partial charge in [-0.25, -0.2) is 0 Å². The summed E-state index contributed by atoms with van der Waals surface area (Å²) in [5.74, 6) is 0. The van der Waals surface area contributed by atoms with Crippen LogP contribution in [0.2, 0.25) is 0 Å². The summed E-state index contributed by atoms with van der Waals surface area (Å²) in [4.78, 5) is 6.61. The molecule has 0 N–H and O–H groups in total. The number of piperidine rings is 1. The van der Waals surface area contributed by atoms with Gasteiger partial charge < -0.3 is 4.74 Å². The topological polar surface area (TPSA) is 51.1 Å². The van der Waals surface area contributed by atoms with Crippen LogP contribution >= 0.6 is 11.7 Å². The predicted octanol–water partition coefficient (Wildman–Crippen LogP) is 3.27. The van der Waals surface area contributed by atoms with Crippen LogP contribution in [0.25, 0.3) is 11.0 Å². The van der Waals surface area contributed by atoms with E-state index in [0.29, 0.717) is 12.7 Å². The molecule has 0 bridgehead atoms. The summed E-state index contributed by atoms with van der Waals surface area (Å²) in [7, 11) is 0. The predicted molar refractivity (Wildman–Crippen MR) is 94.7 cm³/mol. The van der Waals surface area contributed by atoms with Crippen LogP contribution in [0, 0.1) is 0 Å². The van der Waals surface area contributed by atoms with Gasteiger partial charge in [-0.2, -0.15) is 8.75 Å². The van der Waals surface area contributed by atoms with E-state index in [0.717, 1.165) is 42.7 Å². The zero-order valence-corrected chi connectivity index (χ0v) is 14.3. The van der Waals surface area contributed by atoms with E-state index >= 15 is 0 Å². The van der Waals surface area contributed by atoms with E-state index in [4.69, 9.17) is 4.74 Å². The lowest BCUT2D eigenvalue weighted by atomic mass is 10.1. The van der Waals surface area contributed by atoms with Crippen LogP contribution in [0.15, 0.2) is 42.7 Å². The van der Waals surface area contributed by atoms with Crippen molar-refractivity contribution in [3.05, 3.63) is 53.9 Å². The number of ether oxygens (including phenoxy) is 1. The first-order chi connectivity index (χ1) is 11.9. The lowest BCUT2D eigenvalue weighted by Crippen LogP contribution is -2.39. The van der Waals surface area contributed by atoms with E-state index < -0.39 is 0 Å². The first-order valence-electron chi connectivity index (χ1n) is 8.31. The third-order valence-electron chi connectivity index (χ3n) is 4.40. The third kappa shape index (κ3) is 3.77. The van der Waals surface area contributed by atoms with Gasteiger partial charge in [0.25, 0.3) is 0 Å². The second kappa shape index (κ2) is 7.34. The van der Waals surface area contributed by atoms with Gasteiger partial charge in [-0.15, -0.1) is 0 Å². The molecule has 1 saturated heterocycles. The van der Waals surface area contributed by atoms with Gasteiger partial charge in [0.15, 0.2) is 0 Å². The summed E-state index contributed by atoms with van der Waals surface area (Å²) in [6.07, 6.45) is 6.27. The van der Waals surface area contributed by atoms with Gasteiger partial charge >= 0.3 is 0 Å². The molecule has 1 aromatic carbocycles. The highest BCUT2D eigenvalue weighted by molar-refractivity contribution is 7.00. The highest BCUT2D eigenvalue weighted by Crippen LogP contribution is 2.19. The second-order valence-corrected chi connectivity index (χ2v) is 6.79. The average molecular weight is 340 g/mol. The minimum absolute atomic E-state index is 0.295. The molecule has 1 fully saturated rings. The Kier molecular flexibility index (Phi) is 4.78. The van der Waals surface area contributed by atoms with Crippen LogP contribution in [0.4, 0.5) is 0 Å². The van der Waals surface area contributed by atoms with E-state index in [9.17, 15) is 0 Å². The van der Waals surface area contributed by atoms with Gasteiger partial charge in [0.05, 0.1) is 24.4 Å². The molecule has 1 aliphatic heterocycles. The van der Waals surface area contributed by atoms with Crippen molar-refractivity contribution in [3.8, 4) is 0 Å². The second-order valence-electron chi connectivity index (χ2n) is 6.26. The number of hydrogen-bond donors (Lipinski definition) is 0.